The number of imidazole rings is 1. The summed E-state index contributed by atoms with van der Waals surface area (Å²) in [5.74, 6) is 0.981. The van der Waals surface area contributed by atoms with Crippen LogP contribution in [0.2, 0.25) is 0 Å². The summed E-state index contributed by atoms with van der Waals surface area (Å²) in [5.41, 5.74) is 4.22. The molecule has 0 aliphatic rings. The molecule has 0 aliphatic carbocycles. The van der Waals surface area contributed by atoms with Crippen LogP contribution in [0.4, 0.5) is 0 Å². The molecular weight excluding hydrogens is 296 g/mol. The maximum absolute atomic E-state index is 8.83. The Labute approximate surface area is 142 Å². The van der Waals surface area contributed by atoms with Crippen LogP contribution in [-0.4, -0.2) is 9.55 Å². The van der Waals surface area contributed by atoms with Crippen LogP contribution in [0.25, 0.3) is 5.69 Å². The minimum Gasteiger partial charge on any atom is -0.306 e. The molecule has 0 saturated carbocycles. The predicted octanol–water partition coefficient (Wildman–Crippen LogP) is 3.90. The van der Waals surface area contributed by atoms with Crippen LogP contribution in [0.15, 0.2) is 60.9 Å². The lowest BCUT2D eigenvalue weighted by Crippen LogP contribution is -2.18. The van der Waals surface area contributed by atoms with Crippen molar-refractivity contribution in [3.63, 3.8) is 0 Å². The molecule has 4 nitrogen and oxygen atoms in total. The molecule has 1 unspecified atom stereocenters. The molecule has 3 rings (SSSR count). The van der Waals surface area contributed by atoms with E-state index in [1.807, 2.05) is 43.6 Å². The van der Waals surface area contributed by atoms with E-state index in [4.69, 9.17) is 5.26 Å². The van der Waals surface area contributed by atoms with Gasteiger partial charge in [0.1, 0.15) is 5.82 Å². The van der Waals surface area contributed by atoms with Gasteiger partial charge >= 0.3 is 0 Å². The van der Waals surface area contributed by atoms with Gasteiger partial charge in [0.25, 0.3) is 0 Å². The molecule has 0 radical (unpaired) electrons. The van der Waals surface area contributed by atoms with Crippen molar-refractivity contribution in [2.75, 3.05) is 0 Å². The van der Waals surface area contributed by atoms with Gasteiger partial charge in [0, 0.05) is 30.7 Å². The first kappa shape index (κ1) is 16.0. The van der Waals surface area contributed by atoms with E-state index < -0.39 is 0 Å². The second-order valence-electron chi connectivity index (χ2n) is 5.85. The highest BCUT2D eigenvalue weighted by molar-refractivity contribution is 5.37. The van der Waals surface area contributed by atoms with Gasteiger partial charge in [-0.1, -0.05) is 24.3 Å². The second kappa shape index (κ2) is 7.12. The van der Waals surface area contributed by atoms with Gasteiger partial charge in [0.15, 0.2) is 0 Å². The zero-order valence-electron chi connectivity index (χ0n) is 13.9. The molecule has 1 N–H and O–H groups in total. The van der Waals surface area contributed by atoms with Crippen LogP contribution < -0.4 is 5.32 Å². The summed E-state index contributed by atoms with van der Waals surface area (Å²) >= 11 is 0. The molecule has 0 saturated heterocycles. The standard InChI is InChI=1S/C20H20N4/c1-15(23-14-18-5-3-17(13-21)4-6-18)19-7-9-20(10-8-19)24-12-11-22-16(24)2/h3-12,15,23H,14H2,1-2H3. The number of hydrogen-bond donors (Lipinski definition) is 1. The number of nitrogens with one attached hydrogen (secondary N) is 1. The molecule has 4 heteroatoms. The third-order valence-corrected chi connectivity index (χ3v) is 4.19. The first-order chi connectivity index (χ1) is 11.7. The predicted molar refractivity (Wildman–Crippen MR) is 94.7 cm³/mol. The maximum atomic E-state index is 8.83. The molecular formula is C20H20N4. The lowest BCUT2D eigenvalue weighted by Gasteiger charge is -2.15. The molecule has 120 valence electrons. The minimum absolute atomic E-state index is 0.249. The van der Waals surface area contributed by atoms with Crippen molar-refractivity contribution >= 4 is 0 Å². The summed E-state index contributed by atoms with van der Waals surface area (Å²) in [6.45, 7) is 4.92. The topological polar surface area (TPSA) is 53.6 Å². The van der Waals surface area contributed by atoms with Gasteiger partial charge in [-0.15, -0.1) is 0 Å². The number of aryl methyl sites for hydroxylation is 1. The fraction of sp³-hybridized carbons (Fsp3) is 0.200. The van der Waals surface area contributed by atoms with E-state index in [0.717, 1.165) is 18.1 Å². The van der Waals surface area contributed by atoms with Gasteiger partial charge in [-0.3, -0.25) is 0 Å². The summed E-state index contributed by atoms with van der Waals surface area (Å²) < 4.78 is 2.07. The summed E-state index contributed by atoms with van der Waals surface area (Å²) in [7, 11) is 0. The number of benzene rings is 2. The average Bonchev–Trinajstić information content (AvgIpc) is 3.06. The van der Waals surface area contributed by atoms with Crippen molar-refractivity contribution in [3.8, 4) is 11.8 Å². The molecule has 1 atom stereocenters. The number of rotatable bonds is 5. The normalized spacial score (nSPS) is 11.9. The van der Waals surface area contributed by atoms with Crippen LogP contribution in [0, 0.1) is 18.3 Å². The van der Waals surface area contributed by atoms with E-state index in [1.54, 1.807) is 0 Å². The first-order valence-corrected chi connectivity index (χ1v) is 8.00. The summed E-state index contributed by atoms with van der Waals surface area (Å²) in [6.07, 6.45) is 3.78. The zero-order chi connectivity index (χ0) is 16.9. The smallest absolute Gasteiger partial charge is 0.110 e. The van der Waals surface area contributed by atoms with Gasteiger partial charge in [0.05, 0.1) is 11.6 Å². The Morgan fingerprint density at radius 2 is 1.83 bits per heavy atom. The van der Waals surface area contributed by atoms with Gasteiger partial charge in [-0.2, -0.15) is 5.26 Å². The van der Waals surface area contributed by atoms with Gasteiger partial charge in [-0.25, -0.2) is 4.98 Å². The molecule has 1 aromatic heterocycles. The average molecular weight is 316 g/mol. The third-order valence-electron chi connectivity index (χ3n) is 4.19. The van der Waals surface area contributed by atoms with Crippen molar-refractivity contribution in [1.82, 2.24) is 14.9 Å². The Bertz CT molecular complexity index is 839. The van der Waals surface area contributed by atoms with Crippen LogP contribution in [0.1, 0.15) is 35.5 Å². The van der Waals surface area contributed by atoms with Crippen molar-refractivity contribution in [2.45, 2.75) is 26.4 Å². The fourth-order valence-corrected chi connectivity index (χ4v) is 2.66. The quantitative estimate of drug-likeness (QED) is 0.776. The van der Waals surface area contributed by atoms with E-state index in [2.05, 4.69) is 52.1 Å². The molecule has 0 bridgehead atoms. The van der Waals surface area contributed by atoms with E-state index in [9.17, 15) is 0 Å². The van der Waals surface area contributed by atoms with E-state index in [-0.39, 0.29) is 6.04 Å². The molecule has 0 amide bonds. The number of nitriles is 1. The van der Waals surface area contributed by atoms with E-state index in [0.29, 0.717) is 5.56 Å². The van der Waals surface area contributed by atoms with Crippen LogP contribution >= 0.6 is 0 Å². The minimum atomic E-state index is 0.249. The Hall–Kier alpha value is -2.90. The number of nitrogens with zero attached hydrogens (tertiary/aromatic N) is 3. The molecule has 2 aromatic carbocycles. The maximum Gasteiger partial charge on any atom is 0.110 e. The molecule has 24 heavy (non-hydrogen) atoms. The van der Waals surface area contributed by atoms with Gasteiger partial charge in [0.2, 0.25) is 0 Å². The van der Waals surface area contributed by atoms with E-state index >= 15 is 0 Å². The monoisotopic (exact) mass is 316 g/mol. The summed E-state index contributed by atoms with van der Waals surface area (Å²) in [4.78, 5) is 4.26. The van der Waals surface area contributed by atoms with Crippen LogP contribution in [-0.2, 0) is 6.54 Å². The first-order valence-electron chi connectivity index (χ1n) is 8.00. The van der Waals surface area contributed by atoms with Crippen molar-refractivity contribution in [1.29, 1.82) is 5.26 Å². The van der Waals surface area contributed by atoms with Crippen molar-refractivity contribution < 1.29 is 0 Å². The highest BCUT2D eigenvalue weighted by Crippen LogP contribution is 2.17. The zero-order valence-corrected chi connectivity index (χ0v) is 13.9. The third kappa shape index (κ3) is 3.53. The summed E-state index contributed by atoms with van der Waals surface area (Å²) in [5, 5.41) is 12.3. The van der Waals surface area contributed by atoms with Crippen LogP contribution in [0.3, 0.4) is 0 Å². The Morgan fingerprint density at radius 1 is 1.12 bits per heavy atom. The molecule has 3 aromatic rings. The lowest BCUT2D eigenvalue weighted by molar-refractivity contribution is 0.574. The highest BCUT2D eigenvalue weighted by atomic mass is 15.1. The number of hydrogen-bond acceptors (Lipinski definition) is 3. The summed E-state index contributed by atoms with van der Waals surface area (Å²) in [6, 6.07) is 18.6. The van der Waals surface area contributed by atoms with Gasteiger partial charge in [-0.05, 0) is 49.2 Å². The van der Waals surface area contributed by atoms with Crippen LogP contribution in [0.5, 0.6) is 0 Å². The van der Waals surface area contributed by atoms with Crippen molar-refractivity contribution in [3.05, 3.63) is 83.4 Å². The molecule has 0 spiro atoms. The molecule has 1 heterocycles. The van der Waals surface area contributed by atoms with Gasteiger partial charge < -0.3 is 9.88 Å². The van der Waals surface area contributed by atoms with Crippen molar-refractivity contribution in [2.24, 2.45) is 0 Å². The molecule has 0 aliphatic heterocycles. The SMILES string of the molecule is Cc1nccn1-c1ccc(C(C)NCc2ccc(C#N)cc2)cc1. The Morgan fingerprint density at radius 3 is 2.42 bits per heavy atom. The number of aromatic nitrogens is 2. The highest BCUT2D eigenvalue weighted by Gasteiger charge is 2.06. The Kier molecular flexibility index (Phi) is 4.74. The fourth-order valence-electron chi connectivity index (χ4n) is 2.66. The Balaban J connectivity index is 1.63. The largest absolute Gasteiger partial charge is 0.306 e. The molecule has 0 fully saturated rings. The lowest BCUT2D eigenvalue weighted by atomic mass is 10.1. The van der Waals surface area contributed by atoms with E-state index in [1.165, 1.54) is 11.1 Å². The second-order valence-corrected chi connectivity index (χ2v) is 5.85.